The highest BCUT2D eigenvalue weighted by atomic mass is 16.5. The molecule has 60 heavy (non-hydrogen) atoms. The number of aliphatic hydroxyl groups is 2. The number of unbranched alkanes of at least 4 members (excludes halogenated alkanes) is 37. The summed E-state index contributed by atoms with van der Waals surface area (Å²) in [4.78, 5) is 24.5. The summed E-state index contributed by atoms with van der Waals surface area (Å²) in [6.45, 7) is 4.88. The Bertz CT molecular complexity index is 893. The fourth-order valence-electron chi connectivity index (χ4n) is 8.40. The van der Waals surface area contributed by atoms with Crippen LogP contribution in [-0.2, 0) is 14.3 Å². The Labute approximate surface area is 374 Å². The van der Waals surface area contributed by atoms with Crippen molar-refractivity contribution in [2.75, 3.05) is 13.2 Å². The maximum atomic E-state index is 12.4. The van der Waals surface area contributed by atoms with Gasteiger partial charge in [-0.05, 0) is 51.4 Å². The molecule has 1 amide bonds. The van der Waals surface area contributed by atoms with Gasteiger partial charge in [-0.15, -0.1) is 0 Å². The molecule has 0 saturated heterocycles. The van der Waals surface area contributed by atoms with Gasteiger partial charge in [0.05, 0.1) is 25.4 Å². The largest absolute Gasteiger partial charge is 0.466 e. The second-order valence-electron chi connectivity index (χ2n) is 18.6. The summed E-state index contributed by atoms with van der Waals surface area (Å²) in [7, 11) is 0. The van der Waals surface area contributed by atoms with Gasteiger partial charge in [-0.25, -0.2) is 0 Å². The predicted octanol–water partition coefficient (Wildman–Crippen LogP) is 16.1. The van der Waals surface area contributed by atoms with E-state index in [1.165, 1.54) is 186 Å². The van der Waals surface area contributed by atoms with Gasteiger partial charge in [0.25, 0.3) is 0 Å². The van der Waals surface area contributed by atoms with Crippen LogP contribution in [0.5, 0.6) is 0 Å². The van der Waals surface area contributed by atoms with Crippen LogP contribution in [0.2, 0.25) is 0 Å². The van der Waals surface area contributed by atoms with Crippen LogP contribution in [-0.4, -0.2) is 47.4 Å². The van der Waals surface area contributed by atoms with Gasteiger partial charge < -0.3 is 20.3 Å². The zero-order valence-corrected chi connectivity index (χ0v) is 40.5. The molecule has 0 aliphatic carbocycles. The van der Waals surface area contributed by atoms with E-state index in [2.05, 4.69) is 31.3 Å². The first-order chi connectivity index (χ1) is 29.5. The van der Waals surface area contributed by atoms with Crippen molar-refractivity contribution < 1.29 is 24.5 Å². The first kappa shape index (κ1) is 58.6. The number of ether oxygens (including phenoxy) is 1. The number of hydrogen-bond donors (Lipinski definition) is 3. The Morgan fingerprint density at radius 1 is 0.450 bits per heavy atom. The van der Waals surface area contributed by atoms with Gasteiger partial charge in [0.1, 0.15) is 0 Å². The van der Waals surface area contributed by atoms with E-state index in [4.69, 9.17) is 4.74 Å². The van der Waals surface area contributed by atoms with Crippen LogP contribution in [0.1, 0.15) is 296 Å². The number of esters is 1. The van der Waals surface area contributed by atoms with Crippen molar-refractivity contribution >= 4 is 11.9 Å². The number of carbonyl (C=O) groups is 2. The number of nitrogens with one attached hydrogen (secondary N) is 1. The highest BCUT2D eigenvalue weighted by Crippen LogP contribution is 2.17. The van der Waals surface area contributed by atoms with Crippen molar-refractivity contribution in [3.63, 3.8) is 0 Å². The summed E-state index contributed by atoms with van der Waals surface area (Å²) in [5.74, 6) is -0.100. The lowest BCUT2D eigenvalue weighted by atomic mass is 10.0. The van der Waals surface area contributed by atoms with Crippen LogP contribution in [0.3, 0.4) is 0 Å². The normalized spacial score (nSPS) is 12.7. The average molecular weight is 848 g/mol. The third-order valence-electron chi connectivity index (χ3n) is 12.6. The zero-order valence-electron chi connectivity index (χ0n) is 40.5. The van der Waals surface area contributed by atoms with Crippen LogP contribution < -0.4 is 5.32 Å². The van der Waals surface area contributed by atoms with E-state index in [-0.39, 0.29) is 18.5 Å². The number of hydrogen-bond acceptors (Lipinski definition) is 5. The van der Waals surface area contributed by atoms with E-state index in [1.807, 2.05) is 0 Å². The maximum Gasteiger partial charge on any atom is 0.305 e. The second kappa shape index (κ2) is 50.2. The standard InChI is InChI=1S/C54H105NO5/c1-3-5-7-9-11-13-15-17-19-21-23-25-27-32-36-40-44-48-54(59)60-49-45-41-37-33-29-28-31-35-39-43-47-53(58)55-51(50-56)52(57)46-42-38-34-30-26-24-22-20-18-16-14-12-10-8-6-4-2/h29,33,51-52,56-57H,3-28,30-32,34-50H2,1-2H3,(H,55,58)/b33-29-. The predicted molar refractivity (Wildman–Crippen MR) is 260 cm³/mol. The van der Waals surface area contributed by atoms with Crippen molar-refractivity contribution in [1.29, 1.82) is 0 Å². The van der Waals surface area contributed by atoms with Gasteiger partial charge in [-0.3, -0.25) is 9.59 Å². The maximum absolute atomic E-state index is 12.4. The monoisotopic (exact) mass is 848 g/mol. The minimum absolute atomic E-state index is 0.0319. The Hall–Kier alpha value is -1.40. The van der Waals surface area contributed by atoms with Gasteiger partial charge in [0.15, 0.2) is 0 Å². The minimum Gasteiger partial charge on any atom is -0.466 e. The number of rotatable bonds is 50. The third-order valence-corrected chi connectivity index (χ3v) is 12.6. The summed E-state index contributed by atoms with van der Waals surface area (Å²) in [5, 5.41) is 23.2. The number of carbonyl (C=O) groups excluding carboxylic acids is 2. The lowest BCUT2D eigenvalue weighted by molar-refractivity contribution is -0.143. The van der Waals surface area contributed by atoms with Gasteiger partial charge in [-0.2, -0.15) is 0 Å². The van der Waals surface area contributed by atoms with Crippen molar-refractivity contribution in [3.05, 3.63) is 12.2 Å². The van der Waals surface area contributed by atoms with Gasteiger partial charge in [0.2, 0.25) is 5.91 Å². The molecule has 6 nitrogen and oxygen atoms in total. The molecule has 2 atom stereocenters. The Kier molecular flexibility index (Phi) is 49.1. The van der Waals surface area contributed by atoms with Gasteiger partial charge in [0, 0.05) is 12.8 Å². The van der Waals surface area contributed by atoms with E-state index in [0.717, 1.165) is 77.0 Å². The van der Waals surface area contributed by atoms with E-state index in [9.17, 15) is 19.8 Å². The molecule has 0 aliphatic rings. The molecular formula is C54H105NO5. The molecule has 0 aliphatic heterocycles. The van der Waals surface area contributed by atoms with Gasteiger partial charge >= 0.3 is 5.97 Å². The highest BCUT2D eigenvalue weighted by Gasteiger charge is 2.20. The van der Waals surface area contributed by atoms with Crippen LogP contribution in [0.25, 0.3) is 0 Å². The number of aliphatic hydroxyl groups excluding tert-OH is 2. The Morgan fingerprint density at radius 3 is 1.18 bits per heavy atom. The molecule has 0 aromatic carbocycles. The molecule has 2 unspecified atom stereocenters. The van der Waals surface area contributed by atoms with Crippen LogP contribution in [0, 0.1) is 0 Å². The lowest BCUT2D eigenvalue weighted by Gasteiger charge is -2.22. The lowest BCUT2D eigenvalue weighted by Crippen LogP contribution is -2.45. The van der Waals surface area contributed by atoms with Crippen LogP contribution >= 0.6 is 0 Å². The minimum atomic E-state index is -0.685. The first-order valence-corrected chi connectivity index (χ1v) is 26.9. The molecular weight excluding hydrogens is 743 g/mol. The molecule has 0 heterocycles. The molecule has 0 fully saturated rings. The molecule has 0 aromatic heterocycles. The molecule has 0 aromatic rings. The highest BCUT2D eigenvalue weighted by molar-refractivity contribution is 5.76. The Morgan fingerprint density at radius 2 is 0.783 bits per heavy atom. The van der Waals surface area contributed by atoms with Crippen molar-refractivity contribution in [2.45, 2.75) is 309 Å². The average Bonchev–Trinajstić information content (AvgIpc) is 3.25. The summed E-state index contributed by atoms with van der Waals surface area (Å²) >= 11 is 0. The smallest absolute Gasteiger partial charge is 0.305 e. The quantitative estimate of drug-likeness (QED) is 0.0322. The summed E-state index contributed by atoms with van der Waals surface area (Å²) in [6.07, 6.45) is 57.6. The number of allylic oxidation sites excluding steroid dienone is 2. The third kappa shape index (κ3) is 46.1. The fraction of sp³-hybridized carbons (Fsp3) is 0.926. The molecule has 356 valence electrons. The van der Waals surface area contributed by atoms with Gasteiger partial charge in [-0.1, -0.05) is 244 Å². The summed E-state index contributed by atoms with van der Waals surface area (Å²) in [5.41, 5.74) is 0. The second-order valence-corrected chi connectivity index (χ2v) is 18.6. The van der Waals surface area contributed by atoms with Crippen molar-refractivity contribution in [2.24, 2.45) is 0 Å². The molecule has 0 bridgehead atoms. The van der Waals surface area contributed by atoms with E-state index in [1.54, 1.807) is 0 Å². The molecule has 0 spiro atoms. The topological polar surface area (TPSA) is 95.9 Å². The van der Waals surface area contributed by atoms with E-state index in [0.29, 0.717) is 25.9 Å². The zero-order chi connectivity index (χ0) is 43.7. The van der Waals surface area contributed by atoms with E-state index >= 15 is 0 Å². The molecule has 6 heteroatoms. The molecule has 0 radical (unpaired) electrons. The number of amides is 1. The summed E-state index contributed by atoms with van der Waals surface area (Å²) in [6, 6.07) is -0.565. The Balaban J connectivity index is 3.50. The molecule has 3 N–H and O–H groups in total. The molecule has 0 rings (SSSR count). The van der Waals surface area contributed by atoms with Crippen molar-refractivity contribution in [3.8, 4) is 0 Å². The fourth-order valence-corrected chi connectivity index (χ4v) is 8.40. The van der Waals surface area contributed by atoms with Crippen LogP contribution in [0.4, 0.5) is 0 Å². The van der Waals surface area contributed by atoms with E-state index < -0.39 is 12.1 Å². The van der Waals surface area contributed by atoms with Crippen LogP contribution in [0.15, 0.2) is 12.2 Å². The summed E-state index contributed by atoms with van der Waals surface area (Å²) < 4.78 is 5.45. The first-order valence-electron chi connectivity index (χ1n) is 26.9. The van der Waals surface area contributed by atoms with Crippen molar-refractivity contribution in [1.82, 2.24) is 5.32 Å². The molecule has 0 saturated carbocycles. The SMILES string of the molecule is CCCCCCCCCCCCCCCCCCCC(=O)OCCCC/C=C\CCCCCCC(=O)NC(CO)C(O)CCCCCCCCCCCCCCCCCC.